The smallest absolute Gasteiger partial charge is 0.246 e. The van der Waals surface area contributed by atoms with Crippen molar-refractivity contribution >= 4 is 22.9 Å². The topological polar surface area (TPSA) is 70.8 Å². The predicted octanol–water partition coefficient (Wildman–Crippen LogP) is 2.24. The Kier molecular flexibility index (Phi) is 4.34. The van der Waals surface area contributed by atoms with Gasteiger partial charge in [-0.1, -0.05) is 30.4 Å². The molecule has 1 aromatic carbocycles. The number of nitrogens with zero attached hydrogens (tertiary/aromatic N) is 2. The van der Waals surface area contributed by atoms with Crippen LogP contribution in [0.5, 0.6) is 0 Å². The van der Waals surface area contributed by atoms with E-state index in [9.17, 15) is 4.79 Å². The summed E-state index contributed by atoms with van der Waals surface area (Å²) < 4.78 is 1.43. The van der Waals surface area contributed by atoms with E-state index in [1.54, 1.807) is 0 Å². The fourth-order valence-corrected chi connectivity index (χ4v) is 2.53. The van der Waals surface area contributed by atoms with E-state index in [1.807, 2.05) is 39.0 Å². The number of benzene rings is 1. The van der Waals surface area contributed by atoms with Crippen molar-refractivity contribution in [3.8, 4) is 0 Å². The van der Waals surface area contributed by atoms with E-state index in [0.717, 1.165) is 28.2 Å². The van der Waals surface area contributed by atoms with Gasteiger partial charge in [-0.2, -0.15) is 5.10 Å². The zero-order chi connectivity index (χ0) is 14.7. The second-order valence-electron chi connectivity index (χ2n) is 4.68. The Labute approximate surface area is 121 Å². The van der Waals surface area contributed by atoms with Crippen LogP contribution in [0.15, 0.2) is 18.2 Å². The van der Waals surface area contributed by atoms with Gasteiger partial charge in [-0.05, 0) is 37.5 Å². The van der Waals surface area contributed by atoms with Gasteiger partial charge in [0.15, 0.2) is 0 Å². The zero-order valence-electron chi connectivity index (χ0n) is 11.9. The highest BCUT2D eigenvalue weighted by Crippen LogP contribution is 2.16. The molecule has 0 saturated heterocycles. The van der Waals surface area contributed by atoms with Gasteiger partial charge < -0.3 is 5.32 Å². The average Bonchev–Trinajstić information content (AvgIpc) is 2.74. The number of hydrogen-bond donors (Lipinski definition) is 2. The van der Waals surface area contributed by atoms with Gasteiger partial charge in [-0.15, -0.1) is 0 Å². The lowest BCUT2D eigenvalue weighted by atomic mass is 10.1. The minimum Gasteiger partial charge on any atom is -0.324 e. The molecule has 0 unspecified atom stereocenters. The van der Waals surface area contributed by atoms with Crippen LogP contribution >= 0.6 is 11.3 Å². The standard InChI is InChI=1S/C14H18N4OS/c1-4-13-17-18(14(15)20-13)8-12(19)16-11-7-9(2)5-6-10(11)3/h5-7,15H,4,8H2,1-3H3,(H,16,19). The molecule has 0 spiro atoms. The fraction of sp³-hybridized carbons (Fsp3) is 0.357. The molecule has 2 rings (SSSR count). The summed E-state index contributed by atoms with van der Waals surface area (Å²) in [7, 11) is 0. The number of amides is 1. The largest absolute Gasteiger partial charge is 0.324 e. The predicted molar refractivity (Wildman–Crippen MR) is 79.9 cm³/mol. The first kappa shape index (κ1) is 14.5. The van der Waals surface area contributed by atoms with Crippen LogP contribution in [0.4, 0.5) is 5.69 Å². The molecule has 6 heteroatoms. The molecule has 2 aromatic rings. The number of hydrogen-bond acceptors (Lipinski definition) is 4. The van der Waals surface area contributed by atoms with Crippen molar-refractivity contribution in [3.63, 3.8) is 0 Å². The van der Waals surface area contributed by atoms with Gasteiger partial charge in [0.1, 0.15) is 11.6 Å². The van der Waals surface area contributed by atoms with Crippen molar-refractivity contribution in [1.82, 2.24) is 9.78 Å². The Hall–Kier alpha value is -1.95. The fourth-order valence-electron chi connectivity index (χ4n) is 1.81. The second kappa shape index (κ2) is 6.00. The van der Waals surface area contributed by atoms with Gasteiger partial charge in [-0.25, -0.2) is 4.68 Å². The summed E-state index contributed by atoms with van der Waals surface area (Å²) in [5, 5.41) is 15.8. The van der Waals surface area contributed by atoms with Crippen molar-refractivity contribution < 1.29 is 4.79 Å². The van der Waals surface area contributed by atoms with E-state index < -0.39 is 0 Å². The molecule has 1 heterocycles. The van der Waals surface area contributed by atoms with E-state index in [1.165, 1.54) is 16.0 Å². The first-order chi connectivity index (χ1) is 9.49. The number of nitrogens with one attached hydrogen (secondary N) is 2. The number of aryl methyl sites for hydroxylation is 3. The number of carbonyl (C=O) groups is 1. The van der Waals surface area contributed by atoms with Crippen LogP contribution < -0.4 is 10.1 Å². The molecule has 0 bridgehead atoms. The van der Waals surface area contributed by atoms with Crippen LogP contribution in [0.25, 0.3) is 0 Å². The lowest BCUT2D eigenvalue weighted by Gasteiger charge is -2.09. The molecule has 0 radical (unpaired) electrons. The van der Waals surface area contributed by atoms with Crippen molar-refractivity contribution in [2.24, 2.45) is 0 Å². The third-order valence-electron chi connectivity index (χ3n) is 2.94. The van der Waals surface area contributed by atoms with Gasteiger partial charge in [0, 0.05) is 5.69 Å². The van der Waals surface area contributed by atoms with Crippen molar-refractivity contribution in [2.45, 2.75) is 33.7 Å². The SMILES string of the molecule is CCc1nn(CC(=O)Nc2cc(C)ccc2C)c(=N)s1. The molecule has 5 nitrogen and oxygen atoms in total. The lowest BCUT2D eigenvalue weighted by Crippen LogP contribution is -2.25. The van der Waals surface area contributed by atoms with E-state index >= 15 is 0 Å². The van der Waals surface area contributed by atoms with Crippen LogP contribution in [-0.2, 0) is 17.8 Å². The minimum absolute atomic E-state index is 0.0721. The van der Waals surface area contributed by atoms with E-state index in [-0.39, 0.29) is 12.5 Å². The van der Waals surface area contributed by atoms with Crippen molar-refractivity contribution in [1.29, 1.82) is 5.41 Å². The van der Waals surface area contributed by atoms with E-state index in [2.05, 4.69) is 10.4 Å². The second-order valence-corrected chi connectivity index (χ2v) is 5.74. The summed E-state index contributed by atoms with van der Waals surface area (Å²) in [6.45, 7) is 6.00. The minimum atomic E-state index is -0.162. The summed E-state index contributed by atoms with van der Waals surface area (Å²) in [6.07, 6.45) is 0.780. The van der Waals surface area contributed by atoms with E-state index in [4.69, 9.17) is 5.41 Å². The molecule has 0 aliphatic rings. The molecule has 0 aliphatic heterocycles. The average molecular weight is 290 g/mol. The Balaban J connectivity index is 2.10. The molecule has 0 fully saturated rings. The number of carbonyl (C=O) groups excluding carboxylic acids is 1. The zero-order valence-corrected chi connectivity index (χ0v) is 12.7. The molecule has 2 N–H and O–H groups in total. The molecule has 1 aromatic heterocycles. The van der Waals surface area contributed by atoms with Gasteiger partial charge in [0.2, 0.25) is 10.7 Å². The van der Waals surface area contributed by atoms with Gasteiger partial charge >= 0.3 is 0 Å². The Bertz CT molecular complexity index is 687. The van der Waals surface area contributed by atoms with Gasteiger partial charge in [0.05, 0.1) is 0 Å². The first-order valence-corrected chi connectivity index (χ1v) is 7.29. The number of anilines is 1. The third kappa shape index (κ3) is 3.33. The molecule has 20 heavy (non-hydrogen) atoms. The van der Waals surface area contributed by atoms with Crippen LogP contribution in [-0.4, -0.2) is 15.7 Å². The first-order valence-electron chi connectivity index (χ1n) is 6.48. The summed E-state index contributed by atoms with van der Waals surface area (Å²) in [5.74, 6) is -0.162. The van der Waals surface area contributed by atoms with Gasteiger partial charge in [-0.3, -0.25) is 10.2 Å². The molecule has 106 valence electrons. The monoisotopic (exact) mass is 290 g/mol. The van der Waals surface area contributed by atoms with Crippen molar-refractivity contribution in [3.05, 3.63) is 39.1 Å². The molecule has 0 saturated carbocycles. The molecule has 0 atom stereocenters. The molecular weight excluding hydrogens is 272 g/mol. The number of aromatic nitrogens is 2. The number of rotatable bonds is 4. The van der Waals surface area contributed by atoms with Gasteiger partial charge in [0.25, 0.3) is 0 Å². The van der Waals surface area contributed by atoms with E-state index in [0.29, 0.717) is 4.80 Å². The normalized spacial score (nSPS) is 10.6. The highest BCUT2D eigenvalue weighted by molar-refractivity contribution is 7.08. The Morgan fingerprint density at radius 2 is 2.20 bits per heavy atom. The lowest BCUT2D eigenvalue weighted by molar-refractivity contribution is -0.117. The van der Waals surface area contributed by atoms with Crippen LogP contribution in [0.1, 0.15) is 23.1 Å². The Morgan fingerprint density at radius 1 is 1.45 bits per heavy atom. The Morgan fingerprint density at radius 3 is 2.85 bits per heavy atom. The maximum absolute atomic E-state index is 12.0. The summed E-state index contributed by atoms with van der Waals surface area (Å²) in [5.41, 5.74) is 2.93. The summed E-state index contributed by atoms with van der Waals surface area (Å²) in [4.78, 5) is 12.3. The van der Waals surface area contributed by atoms with Crippen LogP contribution in [0.3, 0.4) is 0 Å². The molecule has 1 amide bonds. The van der Waals surface area contributed by atoms with Crippen molar-refractivity contribution in [2.75, 3.05) is 5.32 Å². The third-order valence-corrected chi connectivity index (χ3v) is 3.95. The summed E-state index contributed by atoms with van der Waals surface area (Å²) in [6, 6.07) is 5.93. The highest BCUT2D eigenvalue weighted by atomic mass is 32.1. The maximum Gasteiger partial charge on any atom is 0.246 e. The van der Waals surface area contributed by atoms with Crippen LogP contribution in [0.2, 0.25) is 0 Å². The molecular formula is C14H18N4OS. The highest BCUT2D eigenvalue weighted by Gasteiger charge is 2.09. The summed E-state index contributed by atoms with van der Waals surface area (Å²) >= 11 is 1.31. The molecule has 0 aliphatic carbocycles. The quantitative estimate of drug-likeness (QED) is 0.906. The maximum atomic E-state index is 12.0. The van der Waals surface area contributed by atoms with Crippen LogP contribution in [0, 0.1) is 19.3 Å².